The predicted octanol–water partition coefficient (Wildman–Crippen LogP) is 2.77. The number of piperazine rings is 1. The predicted molar refractivity (Wildman–Crippen MR) is 126 cm³/mol. The van der Waals surface area contributed by atoms with E-state index in [1.807, 2.05) is 41.3 Å². The van der Waals surface area contributed by atoms with Gasteiger partial charge in [0.15, 0.2) is 0 Å². The van der Waals surface area contributed by atoms with E-state index >= 15 is 0 Å². The van der Waals surface area contributed by atoms with Crippen LogP contribution in [0.3, 0.4) is 0 Å². The quantitative estimate of drug-likeness (QED) is 0.740. The van der Waals surface area contributed by atoms with Gasteiger partial charge >= 0.3 is 0 Å². The fourth-order valence-electron chi connectivity index (χ4n) is 5.54. The van der Waals surface area contributed by atoms with Crippen molar-refractivity contribution in [1.82, 2.24) is 15.1 Å². The van der Waals surface area contributed by atoms with Crippen molar-refractivity contribution in [3.8, 4) is 0 Å². The molecule has 174 valence electrons. The van der Waals surface area contributed by atoms with Crippen molar-refractivity contribution in [2.24, 2.45) is 0 Å². The van der Waals surface area contributed by atoms with Crippen molar-refractivity contribution in [3.63, 3.8) is 0 Å². The second-order valence-corrected chi connectivity index (χ2v) is 9.59. The second kappa shape index (κ2) is 9.65. The topological polar surface area (TPSA) is 61.9 Å². The number of likely N-dealkylation sites (tertiary alicyclic amines) is 1. The van der Waals surface area contributed by atoms with Gasteiger partial charge in [-0.2, -0.15) is 0 Å². The van der Waals surface area contributed by atoms with Crippen molar-refractivity contribution in [1.29, 1.82) is 0 Å². The Morgan fingerprint density at radius 2 is 1.61 bits per heavy atom. The fraction of sp³-hybridized carbons (Fsp3) is 0.481. The molecule has 1 N–H and O–H groups in total. The summed E-state index contributed by atoms with van der Waals surface area (Å²) in [5, 5.41) is 3.11. The number of hydrogen-bond donors (Lipinski definition) is 1. The summed E-state index contributed by atoms with van der Waals surface area (Å²) in [5.41, 5.74) is 1.56. The van der Waals surface area contributed by atoms with E-state index in [4.69, 9.17) is 4.74 Å². The zero-order chi connectivity index (χ0) is 22.7. The van der Waals surface area contributed by atoms with Gasteiger partial charge in [-0.15, -0.1) is 0 Å². The molecule has 5 rings (SSSR count). The van der Waals surface area contributed by atoms with Crippen LogP contribution in [0.15, 0.2) is 60.7 Å². The van der Waals surface area contributed by atoms with E-state index in [1.165, 1.54) is 5.56 Å². The van der Waals surface area contributed by atoms with Crippen molar-refractivity contribution in [3.05, 3.63) is 71.8 Å². The van der Waals surface area contributed by atoms with Gasteiger partial charge in [-0.05, 0) is 36.8 Å². The van der Waals surface area contributed by atoms with Crippen LogP contribution in [0, 0.1) is 0 Å². The lowest BCUT2D eigenvalue weighted by Crippen LogP contribution is -2.73. The van der Waals surface area contributed by atoms with Gasteiger partial charge in [-0.25, -0.2) is 0 Å². The number of nitrogens with one attached hydrogen (secondary N) is 1. The molecule has 2 atom stereocenters. The summed E-state index contributed by atoms with van der Waals surface area (Å²) in [6.45, 7) is 3.71. The monoisotopic (exact) mass is 447 g/mol. The molecule has 3 aliphatic rings. The Kier molecular flexibility index (Phi) is 6.47. The van der Waals surface area contributed by atoms with Gasteiger partial charge in [0.05, 0.1) is 6.10 Å². The molecule has 2 aromatic carbocycles. The maximum Gasteiger partial charge on any atom is 0.246 e. The molecular formula is C27H33N3O3. The molecule has 3 saturated heterocycles. The fourth-order valence-corrected chi connectivity index (χ4v) is 5.54. The minimum absolute atomic E-state index is 0.000360. The van der Waals surface area contributed by atoms with Crippen LogP contribution in [0.5, 0.6) is 0 Å². The summed E-state index contributed by atoms with van der Waals surface area (Å²) in [6, 6.07) is 19.8. The molecule has 0 saturated carbocycles. The van der Waals surface area contributed by atoms with Gasteiger partial charge in [-0.1, -0.05) is 60.7 Å². The average molecular weight is 448 g/mol. The number of amides is 2. The molecule has 2 aromatic rings. The molecule has 0 aromatic heterocycles. The highest BCUT2D eigenvalue weighted by Crippen LogP contribution is 2.35. The molecule has 2 amide bonds. The maximum atomic E-state index is 13.8. The molecule has 3 fully saturated rings. The highest BCUT2D eigenvalue weighted by atomic mass is 16.5. The van der Waals surface area contributed by atoms with E-state index in [0.717, 1.165) is 44.6 Å². The summed E-state index contributed by atoms with van der Waals surface area (Å²) in [7, 11) is 0. The van der Waals surface area contributed by atoms with Gasteiger partial charge in [0.25, 0.3) is 0 Å². The van der Waals surface area contributed by atoms with Gasteiger partial charge in [-0.3, -0.25) is 14.5 Å². The SMILES string of the molecule is O=C1C(Cc2ccccc2)NC(=O)C2(CCN(Cc3ccccc3)CC2)N1CC1CCCO1. The standard InChI is InChI=1S/C27H33N3O3/c31-25-24(18-21-8-3-1-4-9-21)28-26(32)27(30(25)20-23-12-7-17-33-23)13-15-29(16-14-27)19-22-10-5-2-6-11-22/h1-6,8-11,23-24H,7,12-20H2,(H,28,32). The Bertz CT molecular complexity index is 951. The number of benzene rings is 2. The van der Waals surface area contributed by atoms with Crippen molar-refractivity contribution in [2.45, 2.75) is 56.3 Å². The lowest BCUT2D eigenvalue weighted by molar-refractivity contribution is -0.163. The molecule has 6 heteroatoms. The smallest absolute Gasteiger partial charge is 0.246 e. The van der Waals surface area contributed by atoms with Gasteiger partial charge in [0.2, 0.25) is 11.8 Å². The number of carbonyl (C=O) groups excluding carboxylic acids is 2. The first-order chi connectivity index (χ1) is 16.1. The normalized spacial score (nSPS) is 25.4. The lowest BCUT2D eigenvalue weighted by atomic mass is 9.80. The second-order valence-electron chi connectivity index (χ2n) is 9.59. The largest absolute Gasteiger partial charge is 0.376 e. The van der Waals surface area contributed by atoms with Crippen molar-refractivity contribution < 1.29 is 14.3 Å². The molecule has 33 heavy (non-hydrogen) atoms. The molecule has 2 unspecified atom stereocenters. The van der Waals surface area contributed by atoms with Crippen molar-refractivity contribution in [2.75, 3.05) is 26.2 Å². The van der Waals surface area contributed by atoms with Gasteiger partial charge < -0.3 is 15.0 Å². The third-order valence-electron chi connectivity index (χ3n) is 7.43. The highest BCUT2D eigenvalue weighted by molar-refractivity contribution is 6.00. The summed E-state index contributed by atoms with van der Waals surface area (Å²) in [5.74, 6) is 0.0332. The summed E-state index contributed by atoms with van der Waals surface area (Å²) in [6.07, 6.45) is 3.82. The summed E-state index contributed by atoms with van der Waals surface area (Å²) >= 11 is 0. The van der Waals surface area contributed by atoms with Crippen LogP contribution in [0.2, 0.25) is 0 Å². The molecule has 0 bridgehead atoms. The zero-order valence-electron chi connectivity index (χ0n) is 19.1. The zero-order valence-corrected chi connectivity index (χ0v) is 19.1. The number of ether oxygens (including phenoxy) is 1. The third-order valence-corrected chi connectivity index (χ3v) is 7.43. The van der Waals surface area contributed by atoms with Crippen LogP contribution in [-0.2, 0) is 27.3 Å². The van der Waals surface area contributed by atoms with E-state index in [1.54, 1.807) is 0 Å². The lowest BCUT2D eigenvalue weighted by Gasteiger charge is -2.52. The molecular weight excluding hydrogens is 414 g/mol. The Hall–Kier alpha value is -2.70. The molecule has 0 aliphatic carbocycles. The Balaban J connectivity index is 1.34. The van der Waals surface area contributed by atoms with Crippen LogP contribution in [0.25, 0.3) is 0 Å². The van der Waals surface area contributed by atoms with Crippen LogP contribution in [0.1, 0.15) is 36.8 Å². The van der Waals surface area contributed by atoms with Gasteiger partial charge in [0.1, 0.15) is 11.6 Å². The van der Waals surface area contributed by atoms with E-state index in [-0.39, 0.29) is 17.9 Å². The number of nitrogens with zero attached hydrogens (tertiary/aromatic N) is 2. The Morgan fingerprint density at radius 3 is 2.24 bits per heavy atom. The highest BCUT2D eigenvalue weighted by Gasteiger charge is 2.54. The third kappa shape index (κ3) is 4.68. The Labute approximate surface area is 195 Å². The first kappa shape index (κ1) is 22.1. The van der Waals surface area contributed by atoms with Crippen LogP contribution >= 0.6 is 0 Å². The number of piperidine rings is 1. The molecule has 1 spiro atoms. The van der Waals surface area contributed by atoms with E-state index in [2.05, 4.69) is 34.5 Å². The van der Waals surface area contributed by atoms with Crippen molar-refractivity contribution >= 4 is 11.8 Å². The number of carbonyl (C=O) groups is 2. The number of hydrogen-bond acceptors (Lipinski definition) is 4. The van der Waals surface area contributed by atoms with Crippen LogP contribution in [-0.4, -0.2) is 65.5 Å². The molecule has 6 nitrogen and oxygen atoms in total. The first-order valence-electron chi connectivity index (χ1n) is 12.2. The first-order valence-corrected chi connectivity index (χ1v) is 12.2. The van der Waals surface area contributed by atoms with E-state index < -0.39 is 11.6 Å². The van der Waals surface area contributed by atoms with E-state index in [0.29, 0.717) is 25.8 Å². The van der Waals surface area contributed by atoms with Gasteiger partial charge in [0, 0.05) is 39.2 Å². The number of rotatable bonds is 6. The van der Waals surface area contributed by atoms with Crippen LogP contribution in [0.4, 0.5) is 0 Å². The minimum atomic E-state index is -0.774. The molecule has 3 aliphatic heterocycles. The van der Waals surface area contributed by atoms with Crippen LogP contribution < -0.4 is 5.32 Å². The Morgan fingerprint density at radius 1 is 0.939 bits per heavy atom. The molecule has 0 radical (unpaired) electrons. The minimum Gasteiger partial charge on any atom is -0.376 e. The summed E-state index contributed by atoms with van der Waals surface area (Å²) in [4.78, 5) is 31.6. The molecule has 3 heterocycles. The van der Waals surface area contributed by atoms with E-state index in [9.17, 15) is 9.59 Å². The average Bonchev–Trinajstić information content (AvgIpc) is 3.36. The maximum absolute atomic E-state index is 13.8. The summed E-state index contributed by atoms with van der Waals surface area (Å²) < 4.78 is 5.89.